The van der Waals surface area contributed by atoms with Crippen LogP contribution in [0, 0.1) is 5.82 Å². The van der Waals surface area contributed by atoms with Gasteiger partial charge in [-0.15, -0.1) is 11.3 Å². The van der Waals surface area contributed by atoms with E-state index in [4.69, 9.17) is 0 Å². The van der Waals surface area contributed by atoms with E-state index < -0.39 is 31.0 Å². The maximum absolute atomic E-state index is 12.9. The van der Waals surface area contributed by atoms with E-state index in [1.54, 1.807) is 23.6 Å². The van der Waals surface area contributed by atoms with E-state index in [0.29, 0.717) is 0 Å². The summed E-state index contributed by atoms with van der Waals surface area (Å²) >= 11 is 1.08. The first-order valence-corrected chi connectivity index (χ1v) is 11.5. The Labute approximate surface area is 144 Å². The van der Waals surface area contributed by atoms with Crippen molar-refractivity contribution in [1.29, 1.82) is 0 Å². The molecule has 2 atom stereocenters. The van der Waals surface area contributed by atoms with Crippen LogP contribution in [-0.2, 0) is 26.2 Å². The third kappa shape index (κ3) is 3.69. The first kappa shape index (κ1) is 17.5. The van der Waals surface area contributed by atoms with Crippen LogP contribution in [0.5, 0.6) is 0 Å². The molecule has 1 aromatic heterocycles. The van der Waals surface area contributed by atoms with E-state index in [1.165, 1.54) is 18.2 Å². The predicted molar refractivity (Wildman–Crippen MR) is 91.0 cm³/mol. The number of nitrogens with one attached hydrogen (secondary N) is 1. The predicted octanol–water partition coefficient (Wildman–Crippen LogP) is 1.62. The van der Waals surface area contributed by atoms with Crippen LogP contribution >= 0.6 is 11.3 Å². The van der Waals surface area contributed by atoms with Crippen LogP contribution in [-0.4, -0.2) is 39.6 Å². The van der Waals surface area contributed by atoms with Gasteiger partial charge in [-0.05, 0) is 29.1 Å². The Bertz CT molecular complexity index is 906. The zero-order chi connectivity index (χ0) is 17.4. The lowest BCUT2D eigenvalue weighted by molar-refractivity contribution is 0.527. The van der Waals surface area contributed by atoms with E-state index in [1.807, 2.05) is 0 Å². The van der Waals surface area contributed by atoms with E-state index in [2.05, 4.69) is 5.32 Å². The maximum atomic E-state index is 12.9. The summed E-state index contributed by atoms with van der Waals surface area (Å²) < 4.78 is 62.5. The molecule has 0 radical (unpaired) electrons. The summed E-state index contributed by atoms with van der Waals surface area (Å²) in [4.78, 5) is 0. The topological polar surface area (TPSA) is 80.3 Å². The van der Waals surface area contributed by atoms with Gasteiger partial charge in [-0.25, -0.2) is 21.2 Å². The molecule has 130 valence electrons. The van der Waals surface area contributed by atoms with Crippen LogP contribution in [0.2, 0.25) is 0 Å². The van der Waals surface area contributed by atoms with Gasteiger partial charge >= 0.3 is 0 Å². The van der Waals surface area contributed by atoms with Crippen molar-refractivity contribution < 1.29 is 21.2 Å². The molecule has 0 saturated carbocycles. The second-order valence-corrected chi connectivity index (χ2v) is 11.2. The molecule has 1 N–H and O–H groups in total. The molecule has 1 aliphatic heterocycles. The van der Waals surface area contributed by atoms with Crippen molar-refractivity contribution in [1.82, 2.24) is 5.32 Å². The summed E-state index contributed by atoms with van der Waals surface area (Å²) in [5, 5.41) is 3.65. The minimum absolute atomic E-state index is 0.179. The molecule has 2 heterocycles. The van der Waals surface area contributed by atoms with Crippen LogP contribution in [0.4, 0.5) is 4.39 Å². The third-order valence-electron chi connectivity index (χ3n) is 3.96. The second-order valence-electron chi connectivity index (χ2n) is 5.71. The van der Waals surface area contributed by atoms with Crippen molar-refractivity contribution in [3.63, 3.8) is 0 Å². The number of sulfone groups is 2. The van der Waals surface area contributed by atoms with E-state index in [-0.39, 0.29) is 28.1 Å². The smallest absolute Gasteiger partial charge is 0.193 e. The van der Waals surface area contributed by atoms with Gasteiger partial charge in [0.25, 0.3) is 0 Å². The van der Waals surface area contributed by atoms with Crippen molar-refractivity contribution >= 4 is 31.0 Å². The van der Waals surface area contributed by atoms with Gasteiger partial charge in [-0.3, -0.25) is 0 Å². The monoisotopic (exact) mass is 389 g/mol. The van der Waals surface area contributed by atoms with Gasteiger partial charge in [0.2, 0.25) is 0 Å². The fourth-order valence-corrected chi connectivity index (χ4v) is 8.68. The summed E-state index contributed by atoms with van der Waals surface area (Å²) in [5.41, 5.74) is 0.757. The Morgan fingerprint density at radius 2 is 1.88 bits per heavy atom. The van der Waals surface area contributed by atoms with Crippen LogP contribution < -0.4 is 5.32 Å². The third-order valence-corrected chi connectivity index (χ3v) is 9.54. The van der Waals surface area contributed by atoms with Gasteiger partial charge in [0.15, 0.2) is 19.7 Å². The van der Waals surface area contributed by atoms with E-state index in [0.717, 1.165) is 16.9 Å². The molecule has 9 heteroatoms. The van der Waals surface area contributed by atoms with Gasteiger partial charge in [-0.2, -0.15) is 0 Å². The molecule has 0 spiro atoms. The lowest BCUT2D eigenvalue weighted by Gasteiger charge is -2.19. The lowest BCUT2D eigenvalue weighted by Crippen LogP contribution is -2.42. The Morgan fingerprint density at radius 3 is 2.50 bits per heavy atom. The molecule has 5 nitrogen and oxygen atoms in total. The number of halogens is 1. The number of benzene rings is 1. The molecule has 0 bridgehead atoms. The van der Waals surface area contributed by atoms with Gasteiger partial charge in [0.05, 0.1) is 16.8 Å². The Kier molecular flexibility index (Phi) is 4.78. The number of hydrogen-bond donors (Lipinski definition) is 1. The largest absolute Gasteiger partial charge is 0.308 e. The first-order chi connectivity index (χ1) is 11.3. The Morgan fingerprint density at radius 1 is 1.17 bits per heavy atom. The Hall–Kier alpha value is -1.29. The molecule has 1 aliphatic rings. The van der Waals surface area contributed by atoms with Gasteiger partial charge in [0.1, 0.15) is 10.0 Å². The van der Waals surface area contributed by atoms with Crippen molar-refractivity contribution in [3.05, 3.63) is 53.2 Å². The first-order valence-electron chi connectivity index (χ1n) is 7.23. The average Bonchev–Trinajstić information content (AvgIpc) is 3.15. The van der Waals surface area contributed by atoms with Crippen LogP contribution in [0.25, 0.3) is 0 Å². The highest BCUT2D eigenvalue weighted by molar-refractivity contribution is 7.97. The fourth-order valence-electron chi connectivity index (χ4n) is 2.74. The van der Waals surface area contributed by atoms with Gasteiger partial charge in [-0.1, -0.05) is 18.2 Å². The standard InChI is InChI=1S/C15H16FNO4S3/c16-12-5-3-11(4-6-12)8-17-13-9-23(18,19)10-14(13)24(20,21)15-2-1-7-22-15/h1-7,13-14,17H,8-10H2. The summed E-state index contributed by atoms with van der Waals surface area (Å²) in [6.07, 6.45) is 0. The van der Waals surface area contributed by atoms with Crippen LogP contribution in [0.15, 0.2) is 46.0 Å². The fraction of sp³-hybridized carbons (Fsp3) is 0.333. The summed E-state index contributed by atoms with van der Waals surface area (Å²) in [5.74, 6) is -0.960. The van der Waals surface area contributed by atoms with Gasteiger partial charge < -0.3 is 5.32 Å². The van der Waals surface area contributed by atoms with Crippen LogP contribution in [0.3, 0.4) is 0 Å². The summed E-state index contributed by atoms with van der Waals surface area (Å²) in [7, 11) is -7.14. The summed E-state index contributed by atoms with van der Waals surface area (Å²) in [6.45, 7) is 0.275. The minimum Gasteiger partial charge on any atom is -0.308 e. The molecule has 0 aliphatic carbocycles. The van der Waals surface area contributed by atoms with Crippen molar-refractivity contribution in [3.8, 4) is 0 Å². The van der Waals surface area contributed by atoms with Crippen molar-refractivity contribution in [2.45, 2.75) is 22.0 Å². The Balaban J connectivity index is 1.81. The van der Waals surface area contributed by atoms with Crippen molar-refractivity contribution in [2.24, 2.45) is 0 Å². The maximum Gasteiger partial charge on any atom is 0.193 e. The normalized spacial score (nSPS) is 23.4. The molecule has 1 aromatic carbocycles. The SMILES string of the molecule is O=S1(=O)CC(NCc2ccc(F)cc2)C(S(=O)(=O)c2cccs2)C1. The molecule has 0 amide bonds. The molecular formula is C15H16FNO4S3. The zero-order valence-corrected chi connectivity index (χ0v) is 15.0. The van der Waals surface area contributed by atoms with E-state index in [9.17, 15) is 21.2 Å². The van der Waals surface area contributed by atoms with Crippen LogP contribution in [0.1, 0.15) is 5.56 Å². The average molecular weight is 389 g/mol. The highest BCUT2D eigenvalue weighted by Crippen LogP contribution is 2.28. The summed E-state index contributed by atoms with van der Waals surface area (Å²) in [6, 6.07) is 8.20. The molecular weight excluding hydrogens is 373 g/mol. The number of thiophene rings is 1. The highest BCUT2D eigenvalue weighted by Gasteiger charge is 2.45. The number of hydrogen-bond acceptors (Lipinski definition) is 6. The molecule has 2 unspecified atom stereocenters. The highest BCUT2D eigenvalue weighted by atomic mass is 32.2. The van der Waals surface area contributed by atoms with Crippen molar-refractivity contribution in [2.75, 3.05) is 11.5 Å². The quantitative estimate of drug-likeness (QED) is 0.841. The number of rotatable bonds is 5. The molecule has 3 rings (SSSR count). The molecule has 1 saturated heterocycles. The minimum atomic E-state index is -3.71. The second kappa shape index (κ2) is 6.55. The zero-order valence-electron chi connectivity index (χ0n) is 12.6. The molecule has 1 fully saturated rings. The van der Waals surface area contributed by atoms with E-state index >= 15 is 0 Å². The molecule has 24 heavy (non-hydrogen) atoms. The molecule has 2 aromatic rings. The van der Waals surface area contributed by atoms with Gasteiger partial charge in [0, 0.05) is 12.6 Å². The lowest BCUT2D eigenvalue weighted by atomic mass is 10.2.